The molecule has 27 heavy (non-hydrogen) atoms. The monoisotopic (exact) mass is 376 g/mol. The topological polar surface area (TPSA) is 49.4 Å². The maximum atomic E-state index is 12.8. The number of piperidine rings is 1. The Labute approximate surface area is 155 Å². The molecule has 0 spiro atoms. The van der Waals surface area contributed by atoms with Gasteiger partial charge in [0.15, 0.2) is 0 Å². The number of halogens is 3. The maximum absolute atomic E-state index is 12.8. The fourth-order valence-corrected chi connectivity index (χ4v) is 3.19. The van der Waals surface area contributed by atoms with Crippen molar-refractivity contribution >= 4 is 17.5 Å². The third kappa shape index (κ3) is 4.48. The summed E-state index contributed by atoms with van der Waals surface area (Å²) in [7, 11) is 0. The zero-order valence-corrected chi connectivity index (χ0v) is 14.5. The van der Waals surface area contributed by atoms with E-state index in [4.69, 9.17) is 0 Å². The van der Waals surface area contributed by atoms with Crippen molar-refractivity contribution in [3.63, 3.8) is 0 Å². The van der Waals surface area contributed by atoms with E-state index in [1.165, 1.54) is 17.0 Å². The predicted molar refractivity (Wildman–Crippen MR) is 95.2 cm³/mol. The summed E-state index contributed by atoms with van der Waals surface area (Å²) in [5.74, 6) is -0.724. The summed E-state index contributed by atoms with van der Waals surface area (Å²) in [5, 5.41) is 2.53. The second-order valence-electron chi connectivity index (χ2n) is 6.44. The molecule has 1 atom stereocenters. The van der Waals surface area contributed by atoms with Crippen molar-refractivity contribution in [2.75, 3.05) is 11.9 Å². The van der Waals surface area contributed by atoms with Gasteiger partial charge in [0.05, 0.1) is 5.56 Å². The van der Waals surface area contributed by atoms with Crippen LogP contribution in [0, 0.1) is 0 Å². The minimum atomic E-state index is -4.49. The van der Waals surface area contributed by atoms with Crippen molar-refractivity contribution in [3.05, 3.63) is 65.7 Å². The molecular formula is C20H19F3N2O2. The van der Waals surface area contributed by atoms with E-state index in [1.54, 1.807) is 30.3 Å². The summed E-state index contributed by atoms with van der Waals surface area (Å²) >= 11 is 0. The standard InChI is InChI=1S/C20H19F3N2O2/c21-20(22,23)15-9-6-10-16(13-15)24-18(26)17-11-4-5-12-25(17)19(27)14-7-2-1-3-8-14/h1-3,6-10,13,17H,4-5,11-12H2,(H,24,26)/t17-/m0/s1. The van der Waals surface area contributed by atoms with Crippen LogP contribution in [0.2, 0.25) is 0 Å². The zero-order valence-electron chi connectivity index (χ0n) is 14.5. The number of rotatable bonds is 3. The molecular weight excluding hydrogens is 357 g/mol. The van der Waals surface area contributed by atoms with Gasteiger partial charge in [0, 0.05) is 17.8 Å². The van der Waals surface area contributed by atoms with Crippen LogP contribution in [0.3, 0.4) is 0 Å². The minimum absolute atomic E-state index is 0.0625. The first-order valence-electron chi connectivity index (χ1n) is 8.70. The van der Waals surface area contributed by atoms with Gasteiger partial charge in [0.2, 0.25) is 5.91 Å². The number of hydrogen-bond acceptors (Lipinski definition) is 2. The van der Waals surface area contributed by atoms with Crippen molar-refractivity contribution in [2.45, 2.75) is 31.5 Å². The Balaban J connectivity index is 1.77. The van der Waals surface area contributed by atoms with E-state index in [2.05, 4.69) is 5.32 Å². The molecule has 1 saturated heterocycles. The van der Waals surface area contributed by atoms with Crippen LogP contribution in [0.4, 0.5) is 18.9 Å². The SMILES string of the molecule is O=C(Nc1cccc(C(F)(F)F)c1)[C@@H]1CCCCN1C(=O)c1ccccc1. The Morgan fingerprint density at radius 1 is 1.00 bits per heavy atom. The summed E-state index contributed by atoms with van der Waals surface area (Å²) in [4.78, 5) is 26.9. The molecule has 0 aliphatic carbocycles. The molecule has 1 N–H and O–H groups in total. The second-order valence-corrected chi connectivity index (χ2v) is 6.44. The number of anilines is 1. The molecule has 2 aromatic rings. The maximum Gasteiger partial charge on any atom is 0.416 e. The first-order chi connectivity index (χ1) is 12.9. The summed E-state index contributed by atoms with van der Waals surface area (Å²) in [5.41, 5.74) is -0.287. The van der Waals surface area contributed by atoms with Crippen LogP contribution in [-0.2, 0) is 11.0 Å². The Hall–Kier alpha value is -2.83. The lowest BCUT2D eigenvalue weighted by molar-refractivity contribution is -0.137. The fourth-order valence-electron chi connectivity index (χ4n) is 3.19. The third-order valence-corrected chi connectivity index (χ3v) is 4.54. The van der Waals surface area contributed by atoms with Gasteiger partial charge in [-0.25, -0.2) is 0 Å². The van der Waals surface area contributed by atoms with Crippen molar-refractivity contribution in [3.8, 4) is 0 Å². The molecule has 0 bridgehead atoms. The highest BCUT2D eigenvalue weighted by Crippen LogP contribution is 2.31. The van der Waals surface area contributed by atoms with Crippen LogP contribution in [0.1, 0.15) is 35.2 Å². The molecule has 4 nitrogen and oxygen atoms in total. The first kappa shape index (κ1) is 18.9. The molecule has 0 saturated carbocycles. The van der Waals surface area contributed by atoms with E-state index in [0.717, 1.165) is 25.0 Å². The molecule has 3 rings (SSSR count). The van der Waals surface area contributed by atoms with Crippen molar-refractivity contribution < 1.29 is 22.8 Å². The van der Waals surface area contributed by atoms with Gasteiger partial charge in [-0.15, -0.1) is 0 Å². The summed E-state index contributed by atoms with van der Waals surface area (Å²) in [6, 6.07) is 12.4. The van der Waals surface area contributed by atoms with E-state index in [0.29, 0.717) is 18.5 Å². The zero-order chi connectivity index (χ0) is 19.4. The molecule has 0 unspecified atom stereocenters. The molecule has 2 aromatic carbocycles. The van der Waals surface area contributed by atoms with Crippen molar-refractivity contribution in [1.82, 2.24) is 4.90 Å². The highest BCUT2D eigenvalue weighted by molar-refractivity contribution is 6.01. The van der Waals surface area contributed by atoms with Gasteiger partial charge in [-0.1, -0.05) is 24.3 Å². The number of benzene rings is 2. The molecule has 1 heterocycles. The molecule has 142 valence electrons. The predicted octanol–water partition coefficient (Wildman–Crippen LogP) is 4.34. The molecule has 1 fully saturated rings. The first-order valence-corrected chi connectivity index (χ1v) is 8.70. The van der Waals surface area contributed by atoms with Crippen LogP contribution in [0.5, 0.6) is 0 Å². The molecule has 1 aliphatic heterocycles. The van der Waals surface area contributed by atoms with Crippen LogP contribution < -0.4 is 5.32 Å². The number of carbonyl (C=O) groups excluding carboxylic acids is 2. The average molecular weight is 376 g/mol. The lowest BCUT2D eigenvalue weighted by atomic mass is 9.99. The van der Waals surface area contributed by atoms with E-state index in [1.807, 2.05) is 0 Å². The second kappa shape index (κ2) is 7.82. The number of nitrogens with one attached hydrogen (secondary N) is 1. The molecule has 0 aromatic heterocycles. The average Bonchev–Trinajstić information content (AvgIpc) is 2.67. The van der Waals surface area contributed by atoms with Gasteiger partial charge < -0.3 is 10.2 Å². The Bertz CT molecular complexity index is 821. The summed E-state index contributed by atoms with van der Waals surface area (Å²) in [6.45, 7) is 0.439. The van der Waals surface area contributed by atoms with Gasteiger partial charge in [-0.05, 0) is 49.6 Å². The van der Waals surface area contributed by atoms with Crippen molar-refractivity contribution in [2.24, 2.45) is 0 Å². The fraction of sp³-hybridized carbons (Fsp3) is 0.300. The number of amides is 2. The smallest absolute Gasteiger partial charge is 0.327 e. The molecule has 1 aliphatic rings. The Morgan fingerprint density at radius 2 is 1.74 bits per heavy atom. The Kier molecular flexibility index (Phi) is 5.48. The summed E-state index contributed by atoms with van der Waals surface area (Å²) in [6.07, 6.45) is -2.45. The number of likely N-dealkylation sites (tertiary alicyclic amines) is 1. The highest BCUT2D eigenvalue weighted by atomic mass is 19.4. The number of nitrogens with zero attached hydrogens (tertiary/aromatic N) is 1. The van der Waals surface area contributed by atoms with E-state index in [9.17, 15) is 22.8 Å². The van der Waals surface area contributed by atoms with Gasteiger partial charge in [-0.3, -0.25) is 9.59 Å². The molecule has 0 radical (unpaired) electrons. The quantitative estimate of drug-likeness (QED) is 0.866. The normalized spacial score (nSPS) is 17.4. The highest BCUT2D eigenvalue weighted by Gasteiger charge is 2.33. The van der Waals surface area contributed by atoms with Gasteiger partial charge >= 0.3 is 6.18 Å². The van der Waals surface area contributed by atoms with Crippen molar-refractivity contribution in [1.29, 1.82) is 0 Å². The van der Waals surface area contributed by atoms with E-state index < -0.39 is 23.7 Å². The Morgan fingerprint density at radius 3 is 2.44 bits per heavy atom. The summed E-state index contributed by atoms with van der Waals surface area (Å²) < 4.78 is 38.5. The number of alkyl halides is 3. The number of carbonyl (C=O) groups is 2. The third-order valence-electron chi connectivity index (χ3n) is 4.54. The lowest BCUT2D eigenvalue weighted by Crippen LogP contribution is -2.50. The largest absolute Gasteiger partial charge is 0.416 e. The van der Waals surface area contributed by atoms with E-state index >= 15 is 0 Å². The molecule has 2 amide bonds. The van der Waals surface area contributed by atoms with Crippen LogP contribution in [0.15, 0.2) is 54.6 Å². The minimum Gasteiger partial charge on any atom is -0.327 e. The van der Waals surface area contributed by atoms with Crippen LogP contribution >= 0.6 is 0 Å². The van der Waals surface area contributed by atoms with Gasteiger partial charge in [0.25, 0.3) is 5.91 Å². The van der Waals surface area contributed by atoms with Gasteiger partial charge in [-0.2, -0.15) is 13.2 Å². The number of hydrogen-bond donors (Lipinski definition) is 1. The van der Waals surface area contributed by atoms with Gasteiger partial charge in [0.1, 0.15) is 6.04 Å². The lowest BCUT2D eigenvalue weighted by Gasteiger charge is -2.34. The molecule has 7 heteroatoms. The van der Waals surface area contributed by atoms with Crippen LogP contribution in [-0.4, -0.2) is 29.3 Å². The van der Waals surface area contributed by atoms with Crippen LogP contribution in [0.25, 0.3) is 0 Å². The van der Waals surface area contributed by atoms with E-state index in [-0.39, 0.29) is 11.6 Å².